The zero-order valence-corrected chi connectivity index (χ0v) is 18.8. The average Bonchev–Trinajstić information content (AvgIpc) is 3.17. The molecule has 0 unspecified atom stereocenters. The molecule has 0 spiro atoms. The molecule has 4 aromatic rings. The molecule has 0 aliphatic carbocycles. The second-order valence-corrected chi connectivity index (χ2v) is 8.24. The zero-order chi connectivity index (χ0) is 24.5. The Morgan fingerprint density at radius 1 is 0.912 bits per heavy atom. The SMILES string of the molecule is NC(=O)c1ccc(Cn2nc(-c3cc(Cl)cc(Cl)c3)cc2-c2ccc(OC(F)(F)F)cc2)cc1. The summed E-state index contributed by atoms with van der Waals surface area (Å²) in [6.07, 6.45) is -4.78. The Hall–Kier alpha value is -3.49. The maximum Gasteiger partial charge on any atom is 0.573 e. The molecule has 0 bridgehead atoms. The van der Waals surface area contributed by atoms with Crippen LogP contribution in [0.4, 0.5) is 13.2 Å². The summed E-state index contributed by atoms with van der Waals surface area (Å²) in [6, 6.07) is 19.0. The van der Waals surface area contributed by atoms with E-state index < -0.39 is 12.3 Å². The van der Waals surface area contributed by atoms with Crippen LogP contribution in [0.3, 0.4) is 0 Å². The highest BCUT2D eigenvalue weighted by Crippen LogP contribution is 2.32. The normalized spacial score (nSPS) is 11.4. The van der Waals surface area contributed by atoms with E-state index in [2.05, 4.69) is 9.84 Å². The van der Waals surface area contributed by atoms with E-state index in [1.807, 2.05) is 0 Å². The van der Waals surface area contributed by atoms with Crippen LogP contribution in [-0.4, -0.2) is 22.1 Å². The molecule has 0 saturated heterocycles. The Balaban J connectivity index is 1.74. The molecule has 1 heterocycles. The van der Waals surface area contributed by atoms with Crippen LogP contribution < -0.4 is 10.5 Å². The van der Waals surface area contributed by atoms with E-state index in [0.717, 1.165) is 5.56 Å². The molecule has 2 N–H and O–H groups in total. The van der Waals surface area contributed by atoms with Crippen molar-refractivity contribution in [2.45, 2.75) is 12.9 Å². The quantitative estimate of drug-likeness (QED) is 0.322. The van der Waals surface area contributed by atoms with Gasteiger partial charge in [0, 0.05) is 26.7 Å². The minimum absolute atomic E-state index is 0.323. The van der Waals surface area contributed by atoms with Crippen LogP contribution in [0.2, 0.25) is 10.0 Å². The number of carbonyl (C=O) groups is 1. The molecule has 3 aromatic carbocycles. The summed E-state index contributed by atoms with van der Waals surface area (Å²) in [7, 11) is 0. The standard InChI is InChI=1S/C24H16Cl2F3N3O2/c25-18-9-17(10-19(26)11-18)21-12-22(15-5-7-20(8-6-15)34-24(27,28)29)32(31-21)13-14-1-3-16(4-2-14)23(30)33/h1-12H,13H2,(H2,30,33). The van der Waals surface area contributed by atoms with Crippen LogP contribution in [0.1, 0.15) is 15.9 Å². The third kappa shape index (κ3) is 5.70. The van der Waals surface area contributed by atoms with Crippen molar-refractivity contribution in [2.75, 3.05) is 0 Å². The van der Waals surface area contributed by atoms with Crippen LogP contribution in [-0.2, 0) is 6.54 Å². The fraction of sp³-hybridized carbons (Fsp3) is 0.0833. The fourth-order valence-electron chi connectivity index (χ4n) is 3.39. The number of amides is 1. The van der Waals surface area contributed by atoms with Gasteiger partial charge in [-0.1, -0.05) is 35.3 Å². The Labute approximate surface area is 202 Å². The van der Waals surface area contributed by atoms with Crippen LogP contribution in [0.25, 0.3) is 22.5 Å². The van der Waals surface area contributed by atoms with E-state index in [1.54, 1.807) is 53.2 Å². The van der Waals surface area contributed by atoms with Gasteiger partial charge in [0.2, 0.25) is 5.91 Å². The summed E-state index contributed by atoms with van der Waals surface area (Å²) < 4.78 is 43.2. The molecule has 0 radical (unpaired) electrons. The van der Waals surface area contributed by atoms with E-state index in [1.165, 1.54) is 24.3 Å². The highest BCUT2D eigenvalue weighted by molar-refractivity contribution is 6.35. The number of rotatable bonds is 6. The fourth-order valence-corrected chi connectivity index (χ4v) is 3.91. The molecule has 1 amide bonds. The lowest BCUT2D eigenvalue weighted by molar-refractivity contribution is -0.274. The van der Waals surface area contributed by atoms with Crippen molar-refractivity contribution < 1.29 is 22.7 Å². The lowest BCUT2D eigenvalue weighted by Gasteiger charge is -2.11. The second-order valence-electron chi connectivity index (χ2n) is 7.36. The van der Waals surface area contributed by atoms with Gasteiger partial charge in [-0.15, -0.1) is 13.2 Å². The maximum atomic E-state index is 12.5. The number of alkyl halides is 3. The highest BCUT2D eigenvalue weighted by atomic mass is 35.5. The van der Waals surface area contributed by atoms with Gasteiger partial charge < -0.3 is 10.5 Å². The molecule has 0 saturated carbocycles. The molecule has 0 aliphatic heterocycles. The molecule has 5 nitrogen and oxygen atoms in total. The van der Waals surface area contributed by atoms with Crippen LogP contribution in [0, 0.1) is 0 Å². The topological polar surface area (TPSA) is 70.1 Å². The lowest BCUT2D eigenvalue weighted by Crippen LogP contribution is -2.16. The predicted molar refractivity (Wildman–Crippen MR) is 124 cm³/mol. The second kappa shape index (κ2) is 9.40. The first-order valence-corrected chi connectivity index (χ1v) is 10.6. The summed E-state index contributed by atoms with van der Waals surface area (Å²) in [6.45, 7) is 0.323. The number of halogens is 5. The summed E-state index contributed by atoms with van der Waals surface area (Å²) >= 11 is 12.3. The van der Waals surface area contributed by atoms with Crippen molar-refractivity contribution in [3.63, 3.8) is 0 Å². The number of hydrogen-bond acceptors (Lipinski definition) is 3. The molecule has 1 aromatic heterocycles. The lowest BCUT2D eigenvalue weighted by atomic mass is 10.1. The largest absolute Gasteiger partial charge is 0.573 e. The van der Waals surface area contributed by atoms with Crippen molar-refractivity contribution in [3.8, 4) is 28.3 Å². The third-order valence-electron chi connectivity index (χ3n) is 4.89. The number of hydrogen-bond donors (Lipinski definition) is 1. The molecule has 10 heteroatoms. The Kier molecular flexibility index (Phi) is 6.54. The van der Waals surface area contributed by atoms with Crippen molar-refractivity contribution >= 4 is 29.1 Å². The van der Waals surface area contributed by atoms with Crippen molar-refractivity contribution in [1.29, 1.82) is 0 Å². The van der Waals surface area contributed by atoms with Crippen molar-refractivity contribution in [1.82, 2.24) is 9.78 Å². The number of nitrogens with zero attached hydrogens (tertiary/aromatic N) is 2. The van der Waals surface area contributed by atoms with E-state index >= 15 is 0 Å². The van der Waals surface area contributed by atoms with E-state index in [-0.39, 0.29) is 5.75 Å². The van der Waals surface area contributed by atoms with Crippen LogP contribution >= 0.6 is 23.2 Å². The van der Waals surface area contributed by atoms with Gasteiger partial charge in [-0.3, -0.25) is 9.48 Å². The Bertz CT molecular complexity index is 1320. The van der Waals surface area contributed by atoms with E-state index in [4.69, 9.17) is 28.9 Å². The predicted octanol–water partition coefficient (Wildman–Crippen LogP) is 6.57. The third-order valence-corrected chi connectivity index (χ3v) is 5.33. The molecule has 4 rings (SSSR count). The van der Waals surface area contributed by atoms with Crippen LogP contribution in [0.5, 0.6) is 5.75 Å². The summed E-state index contributed by atoms with van der Waals surface area (Å²) in [4.78, 5) is 11.3. The Morgan fingerprint density at radius 3 is 2.09 bits per heavy atom. The van der Waals surface area contributed by atoms with Gasteiger partial charge in [0.05, 0.1) is 17.9 Å². The van der Waals surface area contributed by atoms with Gasteiger partial charge >= 0.3 is 6.36 Å². The zero-order valence-electron chi connectivity index (χ0n) is 17.3. The first-order chi connectivity index (χ1) is 16.1. The average molecular weight is 506 g/mol. The first kappa shape index (κ1) is 23.7. The van der Waals surface area contributed by atoms with Gasteiger partial charge in [0.25, 0.3) is 0 Å². The number of aromatic nitrogens is 2. The summed E-state index contributed by atoms with van der Waals surface area (Å²) in [5, 5.41) is 5.55. The minimum atomic E-state index is -4.78. The maximum absolute atomic E-state index is 12.5. The monoisotopic (exact) mass is 505 g/mol. The molecule has 0 fully saturated rings. The number of ether oxygens (including phenoxy) is 1. The van der Waals surface area contributed by atoms with Gasteiger partial charge in [-0.2, -0.15) is 5.10 Å². The minimum Gasteiger partial charge on any atom is -0.406 e. The molecule has 34 heavy (non-hydrogen) atoms. The first-order valence-electron chi connectivity index (χ1n) is 9.87. The molecular weight excluding hydrogens is 490 g/mol. The molecule has 0 aliphatic rings. The Morgan fingerprint density at radius 2 is 1.53 bits per heavy atom. The van der Waals surface area contributed by atoms with Gasteiger partial charge in [-0.25, -0.2) is 0 Å². The number of primary amides is 1. The van der Waals surface area contributed by atoms with Gasteiger partial charge in [0.1, 0.15) is 5.75 Å². The number of carbonyl (C=O) groups excluding carboxylic acids is 1. The number of benzene rings is 3. The molecular formula is C24H16Cl2F3N3O2. The van der Waals surface area contributed by atoms with Crippen LogP contribution in [0.15, 0.2) is 72.8 Å². The van der Waals surface area contributed by atoms with E-state index in [9.17, 15) is 18.0 Å². The van der Waals surface area contributed by atoms with E-state index in [0.29, 0.717) is 44.7 Å². The molecule has 0 atom stereocenters. The summed E-state index contributed by atoms with van der Waals surface area (Å²) in [5.74, 6) is -0.862. The summed E-state index contributed by atoms with van der Waals surface area (Å²) in [5.41, 5.74) is 9.02. The highest BCUT2D eigenvalue weighted by Gasteiger charge is 2.31. The number of nitrogens with two attached hydrogens (primary N) is 1. The van der Waals surface area contributed by atoms with Crippen molar-refractivity contribution in [3.05, 3.63) is 94.0 Å². The van der Waals surface area contributed by atoms with Gasteiger partial charge in [0.15, 0.2) is 0 Å². The smallest absolute Gasteiger partial charge is 0.406 e. The van der Waals surface area contributed by atoms with Crippen molar-refractivity contribution in [2.24, 2.45) is 5.73 Å². The van der Waals surface area contributed by atoms with Gasteiger partial charge in [-0.05, 0) is 66.2 Å². The molecule has 174 valence electrons.